The zero-order valence-corrected chi connectivity index (χ0v) is 16.2. The fourth-order valence-corrected chi connectivity index (χ4v) is 4.36. The van der Waals surface area contributed by atoms with E-state index in [1.807, 2.05) is 0 Å². The molecule has 0 unspecified atom stereocenters. The lowest BCUT2D eigenvalue weighted by Gasteiger charge is -2.19. The Bertz CT molecular complexity index is 778. The van der Waals surface area contributed by atoms with E-state index in [-0.39, 0.29) is 24.8 Å². The SMILES string of the molecule is Cn1nc(C2CCNCC2)nc1NC(=O)CCN1C(=O)NC2(CCCC2)C1=O. The largest absolute Gasteiger partial charge is 0.325 e. The van der Waals surface area contributed by atoms with Crippen LogP contribution in [0, 0.1) is 0 Å². The number of aryl methyl sites for hydroxylation is 1. The first-order valence-corrected chi connectivity index (χ1v) is 10.0. The number of piperidine rings is 1. The molecule has 1 aromatic heterocycles. The van der Waals surface area contributed by atoms with Crippen molar-refractivity contribution in [3.8, 4) is 0 Å². The van der Waals surface area contributed by atoms with Crippen LogP contribution in [0.2, 0.25) is 0 Å². The van der Waals surface area contributed by atoms with Crippen LogP contribution in [0.5, 0.6) is 0 Å². The first-order chi connectivity index (χ1) is 13.5. The fourth-order valence-electron chi connectivity index (χ4n) is 4.36. The van der Waals surface area contributed by atoms with E-state index in [1.54, 1.807) is 11.7 Å². The first-order valence-electron chi connectivity index (χ1n) is 10.0. The molecule has 10 heteroatoms. The summed E-state index contributed by atoms with van der Waals surface area (Å²) < 4.78 is 1.57. The number of nitrogens with one attached hydrogen (secondary N) is 3. The predicted molar refractivity (Wildman–Crippen MR) is 101 cm³/mol. The highest BCUT2D eigenvalue weighted by molar-refractivity contribution is 6.07. The van der Waals surface area contributed by atoms with E-state index < -0.39 is 11.6 Å². The second-order valence-corrected chi connectivity index (χ2v) is 7.92. The molecule has 0 aromatic carbocycles. The molecule has 152 valence electrons. The number of anilines is 1. The number of carbonyl (C=O) groups is 3. The molecular formula is C18H27N7O3. The maximum absolute atomic E-state index is 12.6. The van der Waals surface area contributed by atoms with Crippen molar-refractivity contribution >= 4 is 23.8 Å². The molecule has 4 rings (SSSR count). The van der Waals surface area contributed by atoms with Gasteiger partial charge in [0, 0.05) is 25.9 Å². The highest BCUT2D eigenvalue weighted by Crippen LogP contribution is 2.35. The maximum Gasteiger partial charge on any atom is 0.325 e. The number of nitrogens with zero attached hydrogens (tertiary/aromatic N) is 4. The number of imide groups is 1. The van der Waals surface area contributed by atoms with E-state index in [0.717, 1.165) is 44.6 Å². The average Bonchev–Trinajstić information content (AvgIpc) is 3.36. The molecule has 1 aromatic rings. The maximum atomic E-state index is 12.6. The van der Waals surface area contributed by atoms with Crippen LogP contribution >= 0.6 is 0 Å². The van der Waals surface area contributed by atoms with E-state index in [1.165, 1.54) is 4.90 Å². The van der Waals surface area contributed by atoms with Gasteiger partial charge in [0.1, 0.15) is 5.54 Å². The summed E-state index contributed by atoms with van der Waals surface area (Å²) in [6.07, 6.45) is 5.22. The molecule has 3 N–H and O–H groups in total. The molecule has 2 saturated heterocycles. The second-order valence-electron chi connectivity index (χ2n) is 7.92. The van der Waals surface area contributed by atoms with Gasteiger partial charge in [-0.2, -0.15) is 10.1 Å². The Morgan fingerprint density at radius 1 is 1.25 bits per heavy atom. The smallest absolute Gasteiger partial charge is 0.323 e. The highest BCUT2D eigenvalue weighted by atomic mass is 16.2. The normalized spacial score (nSPS) is 22.1. The summed E-state index contributed by atoms with van der Waals surface area (Å²) in [5.74, 6) is 0.946. The summed E-state index contributed by atoms with van der Waals surface area (Å²) in [6, 6.07) is -0.397. The van der Waals surface area contributed by atoms with E-state index in [0.29, 0.717) is 24.7 Å². The number of urea groups is 1. The zero-order valence-electron chi connectivity index (χ0n) is 16.2. The first kappa shape index (κ1) is 18.9. The lowest BCUT2D eigenvalue weighted by atomic mass is 9.98. The van der Waals surface area contributed by atoms with Crippen LogP contribution in [0.3, 0.4) is 0 Å². The molecule has 10 nitrogen and oxygen atoms in total. The van der Waals surface area contributed by atoms with Crippen molar-refractivity contribution in [2.24, 2.45) is 7.05 Å². The van der Waals surface area contributed by atoms with Crippen LogP contribution in [0.4, 0.5) is 10.7 Å². The van der Waals surface area contributed by atoms with E-state index >= 15 is 0 Å². The van der Waals surface area contributed by atoms with E-state index in [4.69, 9.17) is 0 Å². The molecular weight excluding hydrogens is 362 g/mol. The third-order valence-electron chi connectivity index (χ3n) is 6.00. The van der Waals surface area contributed by atoms with Crippen LogP contribution in [0.25, 0.3) is 0 Å². The van der Waals surface area contributed by atoms with Crippen LogP contribution in [0.1, 0.15) is 56.7 Å². The Kier molecular flexibility index (Phi) is 5.05. The molecule has 3 heterocycles. The van der Waals surface area contributed by atoms with Gasteiger partial charge in [-0.25, -0.2) is 9.48 Å². The topological polar surface area (TPSA) is 121 Å². The van der Waals surface area contributed by atoms with Crippen molar-refractivity contribution in [2.45, 2.75) is 56.4 Å². The summed E-state index contributed by atoms with van der Waals surface area (Å²) >= 11 is 0. The van der Waals surface area contributed by atoms with Crippen molar-refractivity contribution in [3.63, 3.8) is 0 Å². The Morgan fingerprint density at radius 3 is 2.68 bits per heavy atom. The van der Waals surface area contributed by atoms with Gasteiger partial charge in [-0.1, -0.05) is 12.8 Å². The van der Waals surface area contributed by atoms with E-state index in [2.05, 4.69) is 26.0 Å². The number of hydrogen-bond acceptors (Lipinski definition) is 6. The predicted octanol–water partition coefficient (Wildman–Crippen LogP) is 0.475. The minimum absolute atomic E-state index is 0.0325. The Morgan fingerprint density at radius 2 is 1.96 bits per heavy atom. The summed E-state index contributed by atoms with van der Waals surface area (Å²) in [6.45, 7) is 1.95. The van der Waals surface area contributed by atoms with Gasteiger partial charge in [0.15, 0.2) is 5.82 Å². The van der Waals surface area contributed by atoms with Gasteiger partial charge in [-0.05, 0) is 38.8 Å². The molecule has 1 aliphatic carbocycles. The van der Waals surface area contributed by atoms with Crippen molar-refractivity contribution in [1.82, 2.24) is 30.3 Å². The molecule has 1 spiro atoms. The standard InChI is InChI=1S/C18H27N7O3/c1-24-16(21-14(23-24)12-4-9-19-10-5-12)20-13(26)6-11-25-15(27)18(22-17(25)28)7-2-3-8-18/h12,19H,2-11H2,1H3,(H,22,28)(H,20,21,23,26). The Balaban J connectivity index is 1.33. The van der Waals surface area contributed by atoms with E-state index in [9.17, 15) is 14.4 Å². The van der Waals surface area contributed by atoms with Gasteiger partial charge in [0.25, 0.3) is 5.91 Å². The van der Waals surface area contributed by atoms with Gasteiger partial charge in [-0.3, -0.25) is 19.8 Å². The number of amides is 4. The number of rotatable bonds is 5. The lowest BCUT2D eigenvalue weighted by molar-refractivity contribution is -0.131. The van der Waals surface area contributed by atoms with Gasteiger partial charge >= 0.3 is 6.03 Å². The average molecular weight is 389 g/mol. The van der Waals surface area contributed by atoms with Crippen molar-refractivity contribution in [3.05, 3.63) is 5.82 Å². The molecule has 0 radical (unpaired) electrons. The summed E-state index contributed by atoms with van der Waals surface area (Å²) in [5.41, 5.74) is -0.735. The molecule has 0 atom stereocenters. The fraction of sp³-hybridized carbons (Fsp3) is 0.722. The quantitative estimate of drug-likeness (QED) is 0.630. The zero-order chi connectivity index (χ0) is 19.7. The molecule has 0 bridgehead atoms. The Labute approximate surface area is 163 Å². The number of carbonyl (C=O) groups excluding carboxylic acids is 3. The highest BCUT2D eigenvalue weighted by Gasteiger charge is 2.52. The van der Waals surface area contributed by atoms with Gasteiger partial charge in [-0.15, -0.1) is 0 Å². The van der Waals surface area contributed by atoms with Gasteiger partial charge < -0.3 is 10.6 Å². The monoisotopic (exact) mass is 389 g/mol. The third kappa shape index (κ3) is 3.48. The lowest BCUT2D eigenvalue weighted by Crippen LogP contribution is -2.44. The minimum atomic E-state index is -0.735. The van der Waals surface area contributed by atoms with Crippen LogP contribution in [0.15, 0.2) is 0 Å². The molecule has 1 saturated carbocycles. The molecule has 2 aliphatic heterocycles. The minimum Gasteiger partial charge on any atom is -0.323 e. The van der Waals surface area contributed by atoms with Gasteiger partial charge in [0.05, 0.1) is 0 Å². The molecule has 3 aliphatic rings. The Hall–Kier alpha value is -2.49. The summed E-state index contributed by atoms with van der Waals surface area (Å²) in [4.78, 5) is 42.8. The summed E-state index contributed by atoms with van der Waals surface area (Å²) in [7, 11) is 1.74. The molecule has 28 heavy (non-hydrogen) atoms. The number of aromatic nitrogens is 3. The van der Waals surface area contributed by atoms with Gasteiger partial charge in [0.2, 0.25) is 11.9 Å². The van der Waals surface area contributed by atoms with Crippen LogP contribution in [-0.2, 0) is 16.6 Å². The van der Waals surface area contributed by atoms with Crippen molar-refractivity contribution in [1.29, 1.82) is 0 Å². The third-order valence-corrected chi connectivity index (χ3v) is 6.00. The second kappa shape index (κ2) is 7.50. The van der Waals surface area contributed by atoms with Crippen molar-refractivity contribution < 1.29 is 14.4 Å². The van der Waals surface area contributed by atoms with Crippen molar-refractivity contribution in [2.75, 3.05) is 25.0 Å². The molecule has 3 fully saturated rings. The van der Waals surface area contributed by atoms with Crippen LogP contribution < -0.4 is 16.0 Å². The number of hydrogen-bond donors (Lipinski definition) is 3. The summed E-state index contributed by atoms with van der Waals surface area (Å²) in [5, 5.41) is 13.3. The molecule has 4 amide bonds. The van der Waals surface area contributed by atoms with Crippen LogP contribution in [-0.4, -0.2) is 62.7 Å².